The molecule has 184 valence electrons. The van der Waals surface area contributed by atoms with Gasteiger partial charge >= 0.3 is 6.09 Å². The first-order chi connectivity index (χ1) is 15.9. The van der Waals surface area contributed by atoms with E-state index < -0.39 is 5.60 Å². The third kappa shape index (κ3) is 6.63. The van der Waals surface area contributed by atoms with Crippen LogP contribution in [0.25, 0.3) is 0 Å². The molecule has 0 N–H and O–H groups in total. The van der Waals surface area contributed by atoms with E-state index in [1.807, 2.05) is 76.0 Å². The molecule has 0 aliphatic carbocycles. The molecule has 0 saturated carbocycles. The van der Waals surface area contributed by atoms with Crippen LogP contribution in [0.1, 0.15) is 64.1 Å². The monoisotopic (exact) mass is 592 g/mol. The third-order valence-electron chi connectivity index (χ3n) is 6.59. The zero-order chi connectivity index (χ0) is 25.1. The zero-order valence-electron chi connectivity index (χ0n) is 20.6. The van der Waals surface area contributed by atoms with Crippen LogP contribution >= 0.6 is 31.9 Å². The summed E-state index contributed by atoms with van der Waals surface area (Å²) in [6.45, 7) is 8.81. The van der Waals surface area contributed by atoms with Crippen molar-refractivity contribution in [1.29, 1.82) is 0 Å². The number of ether oxygens (including phenoxy) is 1. The van der Waals surface area contributed by atoms with Crippen LogP contribution in [0.3, 0.4) is 0 Å². The van der Waals surface area contributed by atoms with Crippen molar-refractivity contribution in [3.05, 3.63) is 68.6 Å². The van der Waals surface area contributed by atoms with Crippen molar-refractivity contribution in [1.82, 2.24) is 9.80 Å². The van der Waals surface area contributed by atoms with E-state index in [0.29, 0.717) is 32.4 Å². The van der Waals surface area contributed by atoms with Crippen LogP contribution in [0.15, 0.2) is 57.5 Å². The van der Waals surface area contributed by atoms with Crippen molar-refractivity contribution in [2.24, 2.45) is 0 Å². The van der Waals surface area contributed by atoms with Crippen LogP contribution in [0.5, 0.6) is 0 Å². The first-order valence-corrected chi connectivity index (χ1v) is 13.2. The van der Waals surface area contributed by atoms with Gasteiger partial charge in [0.05, 0.1) is 6.04 Å². The van der Waals surface area contributed by atoms with Crippen molar-refractivity contribution >= 4 is 43.9 Å². The second-order valence-electron chi connectivity index (χ2n) is 10.2. The van der Waals surface area contributed by atoms with Crippen LogP contribution in [-0.4, -0.2) is 47.5 Å². The minimum absolute atomic E-state index is 0.0732. The fourth-order valence-electron chi connectivity index (χ4n) is 4.47. The summed E-state index contributed by atoms with van der Waals surface area (Å²) in [5.74, 6) is 0.0955. The minimum atomic E-state index is -0.526. The Morgan fingerprint density at radius 2 is 1.62 bits per heavy atom. The Morgan fingerprint density at radius 1 is 1.06 bits per heavy atom. The minimum Gasteiger partial charge on any atom is -0.444 e. The van der Waals surface area contributed by atoms with Gasteiger partial charge in [-0.1, -0.05) is 62.2 Å². The molecule has 1 saturated heterocycles. The normalized spacial score (nSPS) is 16.6. The van der Waals surface area contributed by atoms with E-state index in [0.717, 1.165) is 20.1 Å². The van der Waals surface area contributed by atoms with Crippen molar-refractivity contribution < 1.29 is 14.3 Å². The summed E-state index contributed by atoms with van der Waals surface area (Å²) in [6.07, 6.45) is 1.54. The number of carbonyl (C=O) groups excluding carboxylic acids is 2. The molecule has 1 aliphatic rings. The molecule has 1 unspecified atom stereocenters. The van der Waals surface area contributed by atoms with E-state index in [1.54, 1.807) is 4.90 Å². The van der Waals surface area contributed by atoms with Gasteiger partial charge in [-0.05, 0) is 69.9 Å². The highest BCUT2D eigenvalue weighted by atomic mass is 79.9. The number of halogens is 2. The topological polar surface area (TPSA) is 49.9 Å². The van der Waals surface area contributed by atoms with Crippen LogP contribution in [0.2, 0.25) is 0 Å². The van der Waals surface area contributed by atoms with Gasteiger partial charge in [-0.25, -0.2) is 4.79 Å². The lowest BCUT2D eigenvalue weighted by atomic mass is 9.70. The van der Waals surface area contributed by atoms with Gasteiger partial charge in [0.1, 0.15) is 5.60 Å². The lowest BCUT2D eigenvalue weighted by molar-refractivity contribution is -0.133. The third-order valence-corrected chi connectivity index (χ3v) is 7.51. The molecule has 0 aromatic heterocycles. The Kier molecular flexibility index (Phi) is 8.51. The average molecular weight is 594 g/mol. The maximum atomic E-state index is 13.6. The number of likely N-dealkylation sites (tertiary alicyclic amines) is 1. The van der Waals surface area contributed by atoms with Gasteiger partial charge in [-0.3, -0.25) is 4.79 Å². The molecule has 1 aliphatic heterocycles. The smallest absolute Gasteiger partial charge is 0.410 e. The van der Waals surface area contributed by atoms with Crippen molar-refractivity contribution in [2.45, 2.75) is 64.0 Å². The van der Waals surface area contributed by atoms with E-state index >= 15 is 0 Å². The van der Waals surface area contributed by atoms with E-state index in [9.17, 15) is 9.59 Å². The predicted octanol–water partition coefficient (Wildman–Crippen LogP) is 7.09. The quantitative estimate of drug-likeness (QED) is 0.372. The van der Waals surface area contributed by atoms with E-state index in [4.69, 9.17) is 4.74 Å². The molecule has 1 fully saturated rings. The Hall–Kier alpha value is -1.86. The first-order valence-electron chi connectivity index (χ1n) is 11.7. The van der Waals surface area contributed by atoms with E-state index in [-0.39, 0.29) is 23.5 Å². The number of benzene rings is 2. The summed E-state index contributed by atoms with van der Waals surface area (Å²) >= 11 is 7.09. The number of piperidine rings is 1. The zero-order valence-corrected chi connectivity index (χ0v) is 23.8. The molecule has 2 aromatic carbocycles. The predicted molar refractivity (Wildman–Crippen MR) is 143 cm³/mol. The molecular formula is C27H34Br2N2O3. The van der Waals surface area contributed by atoms with Gasteiger partial charge in [0.15, 0.2) is 0 Å². The maximum Gasteiger partial charge on any atom is 0.410 e. The Morgan fingerprint density at radius 3 is 2.15 bits per heavy atom. The summed E-state index contributed by atoms with van der Waals surface area (Å²) in [4.78, 5) is 29.8. The van der Waals surface area contributed by atoms with Gasteiger partial charge in [0.25, 0.3) is 0 Å². The maximum absolute atomic E-state index is 13.6. The number of carbonyl (C=O) groups is 2. The van der Waals surface area contributed by atoms with Crippen molar-refractivity contribution in [3.8, 4) is 0 Å². The number of amides is 2. The molecule has 7 heteroatoms. The van der Waals surface area contributed by atoms with Gasteiger partial charge < -0.3 is 14.5 Å². The number of hydrogen-bond acceptors (Lipinski definition) is 3. The summed E-state index contributed by atoms with van der Waals surface area (Å²) in [6, 6.07) is 16.2. The summed E-state index contributed by atoms with van der Waals surface area (Å²) in [7, 11) is 1.87. The molecule has 1 atom stereocenters. The molecular weight excluding hydrogens is 560 g/mol. The van der Waals surface area contributed by atoms with E-state index in [1.165, 1.54) is 0 Å². The van der Waals surface area contributed by atoms with Crippen LogP contribution in [0.4, 0.5) is 4.79 Å². The largest absolute Gasteiger partial charge is 0.444 e. The fourth-order valence-corrected chi connectivity index (χ4v) is 5.80. The summed E-state index contributed by atoms with van der Waals surface area (Å²) in [5, 5.41) is 0. The highest BCUT2D eigenvalue weighted by Gasteiger charge is 2.41. The second-order valence-corrected chi connectivity index (χ2v) is 12.0. The Labute approximate surface area is 220 Å². The van der Waals surface area contributed by atoms with Crippen LogP contribution in [-0.2, 0) is 14.9 Å². The summed E-state index contributed by atoms with van der Waals surface area (Å²) in [5.41, 5.74) is 1.37. The lowest BCUT2D eigenvalue weighted by Crippen LogP contribution is -2.48. The van der Waals surface area contributed by atoms with Gasteiger partial charge in [-0.2, -0.15) is 0 Å². The second kappa shape index (κ2) is 10.8. The molecule has 1 heterocycles. The Balaban J connectivity index is 1.78. The van der Waals surface area contributed by atoms with Gasteiger partial charge in [-0.15, -0.1) is 0 Å². The van der Waals surface area contributed by atoms with E-state index in [2.05, 4.69) is 44.0 Å². The molecule has 0 bridgehead atoms. The molecule has 0 radical (unpaired) electrons. The number of nitrogens with zero attached hydrogens (tertiary/aromatic N) is 2. The molecule has 0 spiro atoms. The van der Waals surface area contributed by atoms with Crippen LogP contribution in [0, 0.1) is 0 Å². The highest BCUT2D eigenvalue weighted by molar-refractivity contribution is 9.11. The van der Waals surface area contributed by atoms with Gasteiger partial charge in [0.2, 0.25) is 5.91 Å². The Bertz CT molecular complexity index is 992. The SMILES string of the molecule is CC(c1cc(Br)cc(Br)c1)N(C)C(=O)CC1(c2ccccc2)CCN(C(=O)OC(C)(C)C)CC1. The summed E-state index contributed by atoms with van der Waals surface area (Å²) < 4.78 is 7.52. The molecule has 3 rings (SSSR count). The highest BCUT2D eigenvalue weighted by Crippen LogP contribution is 2.40. The van der Waals surface area contributed by atoms with Crippen LogP contribution < -0.4 is 0 Å². The standard InChI is InChI=1S/C27H34Br2N2O3/c1-19(20-15-22(28)17-23(29)16-20)30(5)24(32)18-27(21-9-7-6-8-10-21)11-13-31(14-12-27)25(33)34-26(2,3)4/h6-10,15-17,19H,11-14,18H2,1-5H3. The molecule has 5 nitrogen and oxygen atoms in total. The fraction of sp³-hybridized carbons (Fsp3) is 0.481. The molecule has 2 amide bonds. The first kappa shape index (κ1) is 26.7. The number of rotatable bonds is 5. The van der Waals surface area contributed by atoms with Crippen molar-refractivity contribution in [2.75, 3.05) is 20.1 Å². The van der Waals surface area contributed by atoms with Crippen molar-refractivity contribution in [3.63, 3.8) is 0 Å². The molecule has 2 aromatic rings. The average Bonchev–Trinajstić information content (AvgIpc) is 2.77. The lowest BCUT2D eigenvalue weighted by Gasteiger charge is -2.43. The van der Waals surface area contributed by atoms with Gasteiger partial charge in [0, 0.05) is 40.9 Å². The number of hydrogen-bond donors (Lipinski definition) is 0. The molecule has 34 heavy (non-hydrogen) atoms.